The third-order valence-electron chi connectivity index (χ3n) is 1.91. The van der Waals surface area contributed by atoms with Crippen molar-refractivity contribution in [3.63, 3.8) is 0 Å². The van der Waals surface area contributed by atoms with Gasteiger partial charge in [0.25, 0.3) is 0 Å². The fourth-order valence-electron chi connectivity index (χ4n) is 1.25. The van der Waals surface area contributed by atoms with E-state index >= 15 is 0 Å². The molecule has 2 aromatic heterocycles. The molecule has 0 bridgehead atoms. The van der Waals surface area contributed by atoms with Crippen LogP contribution in [0.2, 0.25) is 0 Å². The largest absolute Gasteiger partial charge is 0.350 e. The third-order valence-corrected chi connectivity index (χ3v) is 2.79. The van der Waals surface area contributed by atoms with Crippen molar-refractivity contribution >= 4 is 17.6 Å². The average Bonchev–Trinajstić information content (AvgIpc) is 2.76. The first-order valence-corrected chi connectivity index (χ1v) is 4.90. The van der Waals surface area contributed by atoms with Gasteiger partial charge in [0.05, 0.1) is 4.88 Å². The monoisotopic (exact) mass is 191 g/mol. The van der Waals surface area contributed by atoms with Crippen LogP contribution in [0.1, 0.15) is 15.2 Å². The van der Waals surface area contributed by atoms with Crippen LogP contribution in [-0.2, 0) is 6.54 Å². The van der Waals surface area contributed by atoms with Crippen LogP contribution < -0.4 is 0 Å². The predicted molar refractivity (Wildman–Crippen MR) is 53.2 cm³/mol. The zero-order chi connectivity index (χ0) is 9.10. The Morgan fingerprint density at radius 1 is 1.38 bits per heavy atom. The molecular formula is C10H9NOS. The summed E-state index contributed by atoms with van der Waals surface area (Å²) in [5.74, 6) is 0. The summed E-state index contributed by atoms with van der Waals surface area (Å²) in [5.41, 5.74) is 1.09. The van der Waals surface area contributed by atoms with E-state index in [0.29, 0.717) is 0 Å². The zero-order valence-electron chi connectivity index (χ0n) is 7.01. The molecule has 0 spiro atoms. The van der Waals surface area contributed by atoms with E-state index in [-0.39, 0.29) is 0 Å². The summed E-state index contributed by atoms with van der Waals surface area (Å²) < 4.78 is 2.05. The van der Waals surface area contributed by atoms with E-state index in [0.717, 1.165) is 23.3 Å². The molecule has 0 radical (unpaired) electrons. The lowest BCUT2D eigenvalue weighted by atomic mass is 10.2. The maximum Gasteiger partial charge on any atom is 0.160 e. The topological polar surface area (TPSA) is 22.0 Å². The molecule has 0 N–H and O–H groups in total. The van der Waals surface area contributed by atoms with E-state index in [1.807, 2.05) is 36.0 Å². The lowest BCUT2D eigenvalue weighted by molar-refractivity contribution is 0.112. The molecule has 0 unspecified atom stereocenters. The first-order chi connectivity index (χ1) is 6.40. The minimum atomic E-state index is 0.782. The second-order valence-electron chi connectivity index (χ2n) is 2.78. The minimum Gasteiger partial charge on any atom is -0.350 e. The van der Waals surface area contributed by atoms with Crippen LogP contribution in [0.25, 0.3) is 0 Å². The summed E-state index contributed by atoms with van der Waals surface area (Å²) >= 11 is 1.49. The highest BCUT2D eigenvalue weighted by Gasteiger charge is 2.02. The van der Waals surface area contributed by atoms with Crippen molar-refractivity contribution < 1.29 is 4.79 Å². The number of nitrogens with zero attached hydrogens (tertiary/aromatic N) is 1. The predicted octanol–water partition coefficient (Wildman–Crippen LogP) is 2.41. The third kappa shape index (κ3) is 1.70. The van der Waals surface area contributed by atoms with Crippen LogP contribution in [0, 0.1) is 0 Å². The first-order valence-electron chi connectivity index (χ1n) is 4.02. The summed E-state index contributed by atoms with van der Waals surface area (Å²) in [6, 6.07) is 5.95. The average molecular weight is 191 g/mol. The van der Waals surface area contributed by atoms with Gasteiger partial charge in [-0.1, -0.05) is 0 Å². The van der Waals surface area contributed by atoms with Crippen LogP contribution in [0.4, 0.5) is 0 Å². The van der Waals surface area contributed by atoms with Gasteiger partial charge in [0, 0.05) is 18.9 Å². The number of aldehydes is 1. The Balaban J connectivity index is 2.23. The molecule has 0 amide bonds. The number of aromatic nitrogens is 1. The lowest BCUT2D eigenvalue weighted by Gasteiger charge is -2.00. The second-order valence-corrected chi connectivity index (χ2v) is 3.73. The van der Waals surface area contributed by atoms with Crippen molar-refractivity contribution in [2.75, 3.05) is 0 Å². The maximum absolute atomic E-state index is 10.6. The van der Waals surface area contributed by atoms with Gasteiger partial charge in [-0.25, -0.2) is 0 Å². The molecule has 0 aliphatic rings. The Morgan fingerprint density at radius 2 is 2.15 bits per heavy atom. The standard InChI is InChI=1S/C10H9NOS/c12-8-10-9(3-6-13-10)7-11-4-1-2-5-11/h1-6,8H,7H2. The summed E-state index contributed by atoms with van der Waals surface area (Å²) in [4.78, 5) is 11.4. The minimum absolute atomic E-state index is 0.782. The molecule has 66 valence electrons. The van der Waals surface area contributed by atoms with Crippen molar-refractivity contribution in [1.82, 2.24) is 4.57 Å². The normalized spacial score (nSPS) is 10.2. The molecule has 0 saturated heterocycles. The first kappa shape index (κ1) is 8.26. The van der Waals surface area contributed by atoms with Crippen LogP contribution >= 0.6 is 11.3 Å². The van der Waals surface area contributed by atoms with Gasteiger partial charge in [-0.3, -0.25) is 4.79 Å². The number of hydrogen-bond acceptors (Lipinski definition) is 2. The van der Waals surface area contributed by atoms with Crippen LogP contribution in [-0.4, -0.2) is 10.9 Å². The summed E-state index contributed by atoms with van der Waals surface area (Å²) in [6.07, 6.45) is 4.90. The van der Waals surface area contributed by atoms with Crippen LogP contribution in [0.3, 0.4) is 0 Å². The van der Waals surface area contributed by atoms with Crippen molar-refractivity contribution in [3.8, 4) is 0 Å². The van der Waals surface area contributed by atoms with Crippen molar-refractivity contribution in [1.29, 1.82) is 0 Å². The molecule has 2 rings (SSSR count). The van der Waals surface area contributed by atoms with Crippen molar-refractivity contribution in [2.24, 2.45) is 0 Å². The number of carbonyl (C=O) groups is 1. The van der Waals surface area contributed by atoms with Gasteiger partial charge in [0.1, 0.15) is 0 Å². The van der Waals surface area contributed by atoms with E-state index in [1.54, 1.807) is 0 Å². The number of hydrogen-bond donors (Lipinski definition) is 0. The highest BCUT2D eigenvalue weighted by Crippen LogP contribution is 2.15. The SMILES string of the molecule is O=Cc1sccc1Cn1cccc1. The Kier molecular flexibility index (Phi) is 2.27. The Labute approximate surface area is 80.4 Å². The van der Waals surface area contributed by atoms with E-state index in [4.69, 9.17) is 0 Å². The maximum atomic E-state index is 10.6. The van der Waals surface area contributed by atoms with Gasteiger partial charge in [-0.15, -0.1) is 11.3 Å². The van der Waals surface area contributed by atoms with Crippen molar-refractivity contribution in [3.05, 3.63) is 46.4 Å². The van der Waals surface area contributed by atoms with Gasteiger partial charge >= 0.3 is 0 Å². The van der Waals surface area contributed by atoms with E-state index in [2.05, 4.69) is 4.57 Å². The lowest BCUT2D eigenvalue weighted by Crippen LogP contribution is -1.96. The fourth-order valence-corrected chi connectivity index (χ4v) is 1.97. The Hall–Kier alpha value is -1.35. The van der Waals surface area contributed by atoms with E-state index in [9.17, 15) is 4.79 Å². The fraction of sp³-hybridized carbons (Fsp3) is 0.100. The van der Waals surface area contributed by atoms with Gasteiger partial charge < -0.3 is 4.57 Å². The molecule has 0 aliphatic heterocycles. The molecular weight excluding hydrogens is 182 g/mol. The second kappa shape index (κ2) is 3.58. The van der Waals surface area contributed by atoms with Gasteiger partial charge in [-0.05, 0) is 29.1 Å². The molecule has 13 heavy (non-hydrogen) atoms. The summed E-state index contributed by atoms with van der Waals surface area (Å²) in [5, 5.41) is 1.95. The van der Waals surface area contributed by atoms with Gasteiger partial charge in [-0.2, -0.15) is 0 Å². The van der Waals surface area contributed by atoms with E-state index < -0.39 is 0 Å². The molecule has 3 heteroatoms. The quantitative estimate of drug-likeness (QED) is 0.683. The smallest absolute Gasteiger partial charge is 0.160 e. The Bertz CT molecular complexity index is 389. The highest BCUT2D eigenvalue weighted by molar-refractivity contribution is 7.11. The summed E-state index contributed by atoms with van der Waals surface area (Å²) in [6.45, 7) is 0.782. The zero-order valence-corrected chi connectivity index (χ0v) is 7.83. The van der Waals surface area contributed by atoms with Gasteiger partial charge in [0.2, 0.25) is 0 Å². The van der Waals surface area contributed by atoms with Crippen molar-refractivity contribution in [2.45, 2.75) is 6.54 Å². The molecule has 0 aromatic carbocycles. The molecule has 0 saturated carbocycles. The van der Waals surface area contributed by atoms with E-state index in [1.165, 1.54) is 11.3 Å². The molecule has 2 aromatic rings. The summed E-state index contributed by atoms with van der Waals surface area (Å²) in [7, 11) is 0. The number of thiophene rings is 1. The molecule has 2 nitrogen and oxygen atoms in total. The number of rotatable bonds is 3. The van der Waals surface area contributed by atoms with Crippen LogP contribution in [0.5, 0.6) is 0 Å². The highest BCUT2D eigenvalue weighted by atomic mass is 32.1. The molecule has 2 heterocycles. The Morgan fingerprint density at radius 3 is 2.85 bits per heavy atom. The molecule has 0 aliphatic carbocycles. The number of carbonyl (C=O) groups excluding carboxylic acids is 1. The molecule has 0 fully saturated rings. The molecule has 0 atom stereocenters. The van der Waals surface area contributed by atoms with Gasteiger partial charge in [0.15, 0.2) is 6.29 Å². The van der Waals surface area contributed by atoms with Crippen LogP contribution in [0.15, 0.2) is 36.0 Å².